The predicted molar refractivity (Wildman–Crippen MR) is 80.0 cm³/mol. The SMILES string of the molecule is COc1cccc(CSC2NC(=O)CC(CC(=O)O)N2)c1. The lowest BCUT2D eigenvalue weighted by molar-refractivity contribution is -0.138. The Morgan fingerprint density at radius 3 is 3.05 bits per heavy atom. The summed E-state index contributed by atoms with van der Waals surface area (Å²) in [5, 5.41) is 14.8. The molecule has 7 heteroatoms. The van der Waals surface area contributed by atoms with Gasteiger partial charge in [0.05, 0.1) is 13.5 Å². The number of aliphatic carboxylic acids is 1. The highest BCUT2D eigenvalue weighted by Crippen LogP contribution is 2.21. The van der Waals surface area contributed by atoms with Gasteiger partial charge in [0, 0.05) is 18.2 Å². The molecule has 114 valence electrons. The number of carbonyl (C=O) groups excluding carboxylic acids is 1. The molecule has 0 saturated carbocycles. The van der Waals surface area contributed by atoms with E-state index in [1.165, 1.54) is 11.8 Å². The maximum atomic E-state index is 11.6. The van der Waals surface area contributed by atoms with Crippen LogP contribution in [0, 0.1) is 0 Å². The van der Waals surface area contributed by atoms with Crippen LogP contribution in [0.3, 0.4) is 0 Å². The highest BCUT2D eigenvalue weighted by Gasteiger charge is 2.27. The van der Waals surface area contributed by atoms with E-state index in [0.29, 0.717) is 5.75 Å². The van der Waals surface area contributed by atoms with Crippen LogP contribution in [0.5, 0.6) is 5.75 Å². The first-order valence-electron chi connectivity index (χ1n) is 6.58. The monoisotopic (exact) mass is 310 g/mol. The molecule has 1 amide bonds. The molecule has 6 nitrogen and oxygen atoms in total. The Morgan fingerprint density at radius 2 is 2.33 bits per heavy atom. The van der Waals surface area contributed by atoms with Crippen molar-refractivity contribution >= 4 is 23.6 Å². The van der Waals surface area contributed by atoms with Crippen molar-refractivity contribution in [3.8, 4) is 5.75 Å². The minimum atomic E-state index is -0.904. The van der Waals surface area contributed by atoms with Gasteiger partial charge in [-0.3, -0.25) is 14.9 Å². The average molecular weight is 310 g/mol. The van der Waals surface area contributed by atoms with E-state index < -0.39 is 5.97 Å². The van der Waals surface area contributed by atoms with Crippen LogP contribution in [0.1, 0.15) is 18.4 Å². The fraction of sp³-hybridized carbons (Fsp3) is 0.429. The molecule has 0 spiro atoms. The Kier molecular flexibility index (Phi) is 5.46. The molecule has 1 fully saturated rings. The highest BCUT2D eigenvalue weighted by atomic mass is 32.2. The molecule has 0 aliphatic carbocycles. The number of nitrogens with one attached hydrogen (secondary N) is 2. The van der Waals surface area contributed by atoms with Gasteiger partial charge in [-0.25, -0.2) is 0 Å². The largest absolute Gasteiger partial charge is 0.497 e. The van der Waals surface area contributed by atoms with Gasteiger partial charge in [-0.2, -0.15) is 0 Å². The molecule has 21 heavy (non-hydrogen) atoms. The van der Waals surface area contributed by atoms with Gasteiger partial charge in [0.25, 0.3) is 0 Å². The van der Waals surface area contributed by atoms with Crippen LogP contribution in [0.2, 0.25) is 0 Å². The third kappa shape index (κ3) is 4.95. The Labute approximate surface area is 127 Å². The van der Waals surface area contributed by atoms with Crippen LogP contribution >= 0.6 is 11.8 Å². The van der Waals surface area contributed by atoms with Crippen LogP contribution in [0.25, 0.3) is 0 Å². The van der Waals surface area contributed by atoms with E-state index in [9.17, 15) is 9.59 Å². The molecule has 2 atom stereocenters. The summed E-state index contributed by atoms with van der Waals surface area (Å²) in [7, 11) is 1.62. The standard InChI is InChI=1S/C14H18N2O4S/c1-20-11-4-2-3-9(5-11)8-21-14-15-10(7-13(18)19)6-12(17)16-14/h2-5,10,14-15H,6-8H2,1H3,(H,16,17)(H,18,19). The molecule has 2 unspecified atom stereocenters. The van der Waals surface area contributed by atoms with Crippen molar-refractivity contribution in [2.24, 2.45) is 0 Å². The van der Waals surface area contributed by atoms with Crippen LogP contribution in [-0.2, 0) is 15.3 Å². The molecule has 2 rings (SSSR count). The normalized spacial score (nSPS) is 21.7. The van der Waals surface area contributed by atoms with Crippen molar-refractivity contribution in [1.82, 2.24) is 10.6 Å². The number of benzene rings is 1. The number of carbonyl (C=O) groups is 2. The van der Waals surface area contributed by atoms with Gasteiger partial charge >= 0.3 is 5.97 Å². The Hall–Kier alpha value is -1.73. The van der Waals surface area contributed by atoms with Crippen molar-refractivity contribution in [2.45, 2.75) is 30.1 Å². The zero-order chi connectivity index (χ0) is 15.2. The van der Waals surface area contributed by atoms with E-state index >= 15 is 0 Å². The number of amides is 1. The summed E-state index contributed by atoms with van der Waals surface area (Å²) >= 11 is 1.51. The van der Waals surface area contributed by atoms with Crippen molar-refractivity contribution in [3.05, 3.63) is 29.8 Å². The maximum absolute atomic E-state index is 11.6. The summed E-state index contributed by atoms with van der Waals surface area (Å²) in [6.07, 6.45) is 0.145. The second kappa shape index (κ2) is 7.33. The number of hydrogen-bond acceptors (Lipinski definition) is 5. The fourth-order valence-electron chi connectivity index (χ4n) is 2.12. The van der Waals surface area contributed by atoms with Crippen LogP contribution in [-0.4, -0.2) is 35.6 Å². The molecular formula is C14H18N2O4S. The van der Waals surface area contributed by atoms with Gasteiger partial charge in [0.15, 0.2) is 0 Å². The summed E-state index contributed by atoms with van der Waals surface area (Å²) in [5.74, 6) is 0.453. The third-order valence-electron chi connectivity index (χ3n) is 3.08. The molecule has 1 saturated heterocycles. The first kappa shape index (κ1) is 15.7. The third-order valence-corrected chi connectivity index (χ3v) is 4.17. The Balaban J connectivity index is 1.89. The summed E-state index contributed by atoms with van der Waals surface area (Å²) in [6.45, 7) is 0. The molecule has 1 aliphatic rings. The lowest BCUT2D eigenvalue weighted by Gasteiger charge is -2.30. The topological polar surface area (TPSA) is 87.7 Å². The molecule has 0 bridgehead atoms. The number of rotatable bonds is 6. The van der Waals surface area contributed by atoms with Crippen LogP contribution < -0.4 is 15.4 Å². The first-order valence-corrected chi connectivity index (χ1v) is 7.63. The summed E-state index contributed by atoms with van der Waals surface area (Å²) in [4.78, 5) is 22.3. The van der Waals surface area contributed by atoms with Crippen molar-refractivity contribution in [2.75, 3.05) is 7.11 Å². The first-order chi connectivity index (χ1) is 10.1. The zero-order valence-corrected chi connectivity index (χ0v) is 12.5. The van der Waals surface area contributed by atoms with Crippen molar-refractivity contribution in [1.29, 1.82) is 0 Å². The highest BCUT2D eigenvalue weighted by molar-refractivity contribution is 7.99. The molecule has 3 N–H and O–H groups in total. The van der Waals surface area contributed by atoms with E-state index in [2.05, 4.69) is 10.6 Å². The number of carboxylic acids is 1. The van der Waals surface area contributed by atoms with E-state index in [-0.39, 0.29) is 30.3 Å². The lowest BCUT2D eigenvalue weighted by atomic mass is 10.1. The smallest absolute Gasteiger partial charge is 0.304 e. The quantitative estimate of drug-likeness (QED) is 0.731. The van der Waals surface area contributed by atoms with Gasteiger partial charge in [0.1, 0.15) is 11.2 Å². The Morgan fingerprint density at radius 1 is 1.52 bits per heavy atom. The summed E-state index contributed by atoms with van der Waals surface area (Å²) in [6, 6.07) is 7.38. The zero-order valence-electron chi connectivity index (χ0n) is 11.7. The van der Waals surface area contributed by atoms with Gasteiger partial charge in [-0.15, -0.1) is 11.8 Å². The van der Waals surface area contributed by atoms with Gasteiger partial charge in [-0.1, -0.05) is 12.1 Å². The molecule has 1 aromatic rings. The van der Waals surface area contributed by atoms with E-state index in [1.54, 1.807) is 7.11 Å². The molecule has 1 aliphatic heterocycles. The number of methoxy groups -OCH3 is 1. The van der Waals surface area contributed by atoms with Gasteiger partial charge in [-0.05, 0) is 17.7 Å². The summed E-state index contributed by atoms with van der Waals surface area (Å²) in [5.41, 5.74) is 0.803. The van der Waals surface area contributed by atoms with Crippen LogP contribution in [0.15, 0.2) is 24.3 Å². The van der Waals surface area contributed by atoms with Gasteiger partial charge in [0.2, 0.25) is 5.91 Å². The fourth-order valence-corrected chi connectivity index (χ4v) is 3.16. The molecule has 1 aromatic carbocycles. The molecule has 1 heterocycles. The number of carboxylic acid groups (broad SMARTS) is 1. The Bertz CT molecular complexity index is 521. The predicted octanol–water partition coefficient (Wildman–Crippen LogP) is 1.16. The molecular weight excluding hydrogens is 292 g/mol. The van der Waals surface area contributed by atoms with E-state index in [4.69, 9.17) is 9.84 Å². The van der Waals surface area contributed by atoms with E-state index in [0.717, 1.165) is 11.3 Å². The second-order valence-corrected chi connectivity index (χ2v) is 5.87. The molecule has 0 radical (unpaired) electrons. The maximum Gasteiger partial charge on any atom is 0.304 e. The number of hydrogen-bond donors (Lipinski definition) is 3. The number of ether oxygens (including phenoxy) is 1. The minimum absolute atomic E-state index is 0.0519. The van der Waals surface area contributed by atoms with E-state index in [1.807, 2.05) is 24.3 Å². The number of thioether (sulfide) groups is 1. The minimum Gasteiger partial charge on any atom is -0.497 e. The lowest BCUT2D eigenvalue weighted by Crippen LogP contribution is -2.55. The molecule has 0 aromatic heterocycles. The van der Waals surface area contributed by atoms with Crippen molar-refractivity contribution < 1.29 is 19.4 Å². The van der Waals surface area contributed by atoms with Crippen molar-refractivity contribution in [3.63, 3.8) is 0 Å². The second-order valence-electron chi connectivity index (χ2n) is 4.78. The summed E-state index contributed by atoms with van der Waals surface area (Å²) < 4.78 is 5.16. The van der Waals surface area contributed by atoms with Gasteiger partial charge < -0.3 is 15.2 Å². The van der Waals surface area contributed by atoms with Crippen LogP contribution in [0.4, 0.5) is 0 Å². The average Bonchev–Trinajstić information content (AvgIpc) is 2.44.